The van der Waals surface area contributed by atoms with Crippen molar-refractivity contribution < 1.29 is 4.42 Å². The summed E-state index contributed by atoms with van der Waals surface area (Å²) < 4.78 is 5.84. The Balaban J connectivity index is 2.06. The second-order valence-corrected chi connectivity index (χ2v) is 4.80. The van der Waals surface area contributed by atoms with Crippen molar-refractivity contribution in [1.82, 2.24) is 15.3 Å². The second kappa shape index (κ2) is 5.43. The lowest BCUT2D eigenvalue weighted by molar-refractivity contribution is 0.618. The third-order valence-electron chi connectivity index (χ3n) is 3.28. The van der Waals surface area contributed by atoms with Crippen LogP contribution >= 0.6 is 0 Å². The molecular formula is C16H17N3O. The summed E-state index contributed by atoms with van der Waals surface area (Å²) in [6, 6.07) is 12.1. The highest BCUT2D eigenvalue weighted by atomic mass is 16.3. The van der Waals surface area contributed by atoms with Crippen molar-refractivity contribution in [3.8, 4) is 11.5 Å². The standard InChI is InChI=1S/C16H17N3O/c1-11-7-8-14-15(18-11)19-16(20-14)13-6-4-3-5-12(13)9-10-17-2/h3-8,17H,9-10H2,1-2H3. The van der Waals surface area contributed by atoms with Crippen molar-refractivity contribution >= 4 is 11.2 Å². The molecule has 0 unspecified atom stereocenters. The number of rotatable bonds is 4. The lowest BCUT2D eigenvalue weighted by atomic mass is 10.0. The Morgan fingerprint density at radius 1 is 1.10 bits per heavy atom. The largest absolute Gasteiger partial charge is 0.434 e. The first-order chi connectivity index (χ1) is 9.78. The van der Waals surface area contributed by atoms with Crippen molar-refractivity contribution in [2.45, 2.75) is 13.3 Å². The zero-order valence-electron chi connectivity index (χ0n) is 11.7. The van der Waals surface area contributed by atoms with Crippen LogP contribution < -0.4 is 5.32 Å². The molecule has 1 N–H and O–H groups in total. The SMILES string of the molecule is CNCCc1ccccc1-c1nc2nc(C)ccc2o1. The fourth-order valence-corrected chi connectivity index (χ4v) is 2.23. The van der Waals surface area contributed by atoms with E-state index in [0.717, 1.165) is 29.8 Å². The Labute approximate surface area is 117 Å². The number of fused-ring (bicyclic) bond motifs is 1. The Bertz CT molecular complexity index is 733. The van der Waals surface area contributed by atoms with Crippen LogP contribution in [0.25, 0.3) is 22.7 Å². The molecule has 0 saturated carbocycles. The van der Waals surface area contributed by atoms with E-state index in [1.54, 1.807) is 0 Å². The summed E-state index contributed by atoms with van der Waals surface area (Å²) in [5, 5.41) is 3.17. The average molecular weight is 267 g/mol. The molecule has 0 bridgehead atoms. The minimum Gasteiger partial charge on any atom is -0.434 e. The topological polar surface area (TPSA) is 51.0 Å². The number of likely N-dealkylation sites (N-methyl/N-ethyl adjacent to an activating group) is 1. The van der Waals surface area contributed by atoms with E-state index < -0.39 is 0 Å². The molecule has 0 atom stereocenters. The maximum Gasteiger partial charge on any atom is 0.229 e. The highest BCUT2D eigenvalue weighted by molar-refractivity contribution is 5.73. The van der Waals surface area contributed by atoms with E-state index in [-0.39, 0.29) is 0 Å². The molecule has 4 heteroatoms. The van der Waals surface area contributed by atoms with Crippen molar-refractivity contribution in [3.63, 3.8) is 0 Å². The number of pyridine rings is 1. The average Bonchev–Trinajstić information content (AvgIpc) is 2.88. The van der Waals surface area contributed by atoms with Gasteiger partial charge < -0.3 is 9.73 Å². The van der Waals surface area contributed by atoms with Gasteiger partial charge in [0.15, 0.2) is 11.2 Å². The predicted octanol–water partition coefficient (Wildman–Crippen LogP) is 2.96. The van der Waals surface area contributed by atoms with Crippen LogP contribution in [-0.2, 0) is 6.42 Å². The van der Waals surface area contributed by atoms with Crippen molar-refractivity contribution in [2.24, 2.45) is 0 Å². The molecule has 102 valence electrons. The van der Waals surface area contributed by atoms with E-state index in [1.165, 1.54) is 5.56 Å². The summed E-state index contributed by atoms with van der Waals surface area (Å²) in [4.78, 5) is 8.91. The Morgan fingerprint density at radius 3 is 2.80 bits per heavy atom. The van der Waals surface area contributed by atoms with Gasteiger partial charge >= 0.3 is 0 Å². The molecule has 0 fully saturated rings. The first-order valence-corrected chi connectivity index (χ1v) is 6.75. The van der Waals surface area contributed by atoms with Crippen LogP contribution in [0.3, 0.4) is 0 Å². The van der Waals surface area contributed by atoms with Gasteiger partial charge in [-0.25, -0.2) is 4.98 Å². The molecule has 3 rings (SSSR count). The number of aryl methyl sites for hydroxylation is 1. The van der Waals surface area contributed by atoms with Gasteiger partial charge in [-0.1, -0.05) is 18.2 Å². The molecule has 0 aliphatic heterocycles. The molecule has 20 heavy (non-hydrogen) atoms. The fourth-order valence-electron chi connectivity index (χ4n) is 2.23. The van der Waals surface area contributed by atoms with Gasteiger partial charge in [-0.3, -0.25) is 0 Å². The van der Waals surface area contributed by atoms with Crippen LogP contribution in [0.5, 0.6) is 0 Å². The zero-order valence-corrected chi connectivity index (χ0v) is 11.7. The van der Waals surface area contributed by atoms with E-state index in [1.807, 2.05) is 44.3 Å². The van der Waals surface area contributed by atoms with Crippen LogP contribution in [0.15, 0.2) is 40.8 Å². The van der Waals surface area contributed by atoms with Gasteiger partial charge in [0.2, 0.25) is 5.89 Å². The summed E-state index contributed by atoms with van der Waals surface area (Å²) in [7, 11) is 1.95. The maximum atomic E-state index is 5.84. The maximum absolute atomic E-state index is 5.84. The molecule has 1 aromatic carbocycles. The quantitative estimate of drug-likeness (QED) is 0.789. The molecule has 0 amide bonds. The van der Waals surface area contributed by atoms with E-state index in [9.17, 15) is 0 Å². The van der Waals surface area contributed by atoms with Crippen LogP contribution in [0, 0.1) is 6.92 Å². The molecule has 0 spiro atoms. The second-order valence-electron chi connectivity index (χ2n) is 4.80. The van der Waals surface area contributed by atoms with E-state index in [2.05, 4.69) is 21.4 Å². The fraction of sp³-hybridized carbons (Fsp3) is 0.250. The molecular weight excluding hydrogens is 250 g/mol. The molecule has 3 aromatic rings. The van der Waals surface area contributed by atoms with Gasteiger partial charge in [-0.15, -0.1) is 0 Å². The summed E-state index contributed by atoms with van der Waals surface area (Å²) in [6.07, 6.45) is 0.942. The number of aromatic nitrogens is 2. The van der Waals surface area contributed by atoms with E-state index in [4.69, 9.17) is 4.42 Å². The van der Waals surface area contributed by atoms with Crippen LogP contribution in [0.4, 0.5) is 0 Å². The van der Waals surface area contributed by atoms with Gasteiger partial charge in [0.1, 0.15) is 0 Å². The monoisotopic (exact) mass is 267 g/mol. The summed E-state index contributed by atoms with van der Waals surface area (Å²) in [6.45, 7) is 2.88. The number of hydrogen-bond donors (Lipinski definition) is 1. The number of nitrogens with zero attached hydrogens (tertiary/aromatic N) is 2. The predicted molar refractivity (Wildman–Crippen MR) is 79.6 cm³/mol. The Kier molecular flexibility index (Phi) is 3.48. The van der Waals surface area contributed by atoms with Crippen molar-refractivity contribution in [1.29, 1.82) is 0 Å². The Morgan fingerprint density at radius 2 is 1.95 bits per heavy atom. The van der Waals surface area contributed by atoms with Crippen molar-refractivity contribution in [3.05, 3.63) is 47.7 Å². The number of hydrogen-bond acceptors (Lipinski definition) is 4. The van der Waals surface area contributed by atoms with Gasteiger partial charge in [0, 0.05) is 11.3 Å². The number of nitrogens with one attached hydrogen (secondary N) is 1. The highest BCUT2D eigenvalue weighted by Crippen LogP contribution is 2.26. The normalized spacial score (nSPS) is 11.1. The molecule has 0 aliphatic carbocycles. The molecule has 4 nitrogen and oxygen atoms in total. The summed E-state index contributed by atoms with van der Waals surface area (Å²) in [5.74, 6) is 0.643. The first kappa shape index (κ1) is 12.8. The van der Waals surface area contributed by atoms with Gasteiger partial charge in [0.05, 0.1) is 0 Å². The highest BCUT2D eigenvalue weighted by Gasteiger charge is 2.12. The molecule has 0 saturated heterocycles. The third kappa shape index (κ3) is 2.42. The Hall–Kier alpha value is -2.20. The van der Waals surface area contributed by atoms with Gasteiger partial charge in [0.25, 0.3) is 0 Å². The first-order valence-electron chi connectivity index (χ1n) is 6.75. The van der Waals surface area contributed by atoms with Crippen LogP contribution in [0.2, 0.25) is 0 Å². The lowest BCUT2D eigenvalue weighted by Gasteiger charge is -2.05. The number of oxazole rings is 1. The van der Waals surface area contributed by atoms with E-state index in [0.29, 0.717) is 11.5 Å². The van der Waals surface area contributed by atoms with E-state index >= 15 is 0 Å². The van der Waals surface area contributed by atoms with Gasteiger partial charge in [-0.05, 0) is 50.7 Å². The number of benzene rings is 1. The molecule has 2 aromatic heterocycles. The minimum atomic E-state index is 0.643. The van der Waals surface area contributed by atoms with Gasteiger partial charge in [-0.2, -0.15) is 4.98 Å². The molecule has 2 heterocycles. The summed E-state index contributed by atoms with van der Waals surface area (Å²) >= 11 is 0. The van der Waals surface area contributed by atoms with Crippen molar-refractivity contribution in [2.75, 3.05) is 13.6 Å². The van der Waals surface area contributed by atoms with Crippen LogP contribution in [0.1, 0.15) is 11.3 Å². The zero-order chi connectivity index (χ0) is 13.9. The smallest absolute Gasteiger partial charge is 0.229 e. The molecule has 0 radical (unpaired) electrons. The minimum absolute atomic E-state index is 0.643. The molecule has 0 aliphatic rings. The third-order valence-corrected chi connectivity index (χ3v) is 3.28. The summed E-state index contributed by atoms with van der Waals surface area (Å²) in [5.41, 5.74) is 4.61. The lowest BCUT2D eigenvalue weighted by Crippen LogP contribution is -2.10. The van der Waals surface area contributed by atoms with Crippen LogP contribution in [-0.4, -0.2) is 23.6 Å².